The lowest BCUT2D eigenvalue weighted by Gasteiger charge is -2.29. The largest absolute Gasteiger partial charge is 0.390 e. The summed E-state index contributed by atoms with van der Waals surface area (Å²) in [5.74, 6) is 0.669. The molecular formula is C13H24N2O3. The Morgan fingerprint density at radius 1 is 1.39 bits per heavy atom. The fourth-order valence-electron chi connectivity index (χ4n) is 2.41. The number of carbonyl (C=O) groups excluding carboxylic acids is 1. The summed E-state index contributed by atoms with van der Waals surface area (Å²) in [6.07, 6.45) is 3.78. The first-order valence-corrected chi connectivity index (χ1v) is 6.99. The fraction of sp³-hybridized carbons (Fsp3) is 0.923. The summed E-state index contributed by atoms with van der Waals surface area (Å²) in [5, 5.41) is 12.7. The van der Waals surface area contributed by atoms with E-state index in [2.05, 4.69) is 10.2 Å². The van der Waals surface area contributed by atoms with E-state index in [-0.39, 0.29) is 5.91 Å². The Labute approximate surface area is 108 Å². The zero-order valence-electron chi connectivity index (χ0n) is 10.9. The van der Waals surface area contributed by atoms with E-state index >= 15 is 0 Å². The Kier molecular flexibility index (Phi) is 5.41. The zero-order valence-corrected chi connectivity index (χ0v) is 10.9. The van der Waals surface area contributed by atoms with Crippen LogP contribution >= 0.6 is 0 Å². The molecule has 104 valence electrons. The first kappa shape index (κ1) is 13.8. The summed E-state index contributed by atoms with van der Waals surface area (Å²) < 4.78 is 5.25. The summed E-state index contributed by atoms with van der Waals surface area (Å²) in [5.41, 5.74) is 0. The van der Waals surface area contributed by atoms with Crippen LogP contribution in [-0.4, -0.2) is 61.4 Å². The predicted molar refractivity (Wildman–Crippen MR) is 68.2 cm³/mol. The van der Waals surface area contributed by atoms with E-state index in [4.69, 9.17) is 4.74 Å². The molecule has 0 aromatic carbocycles. The molecule has 1 aliphatic heterocycles. The predicted octanol–water partition coefficient (Wildman–Crippen LogP) is -0.0141. The SMILES string of the molecule is O=C(CC1CCC1)NCC(O)CN1CCOCC1. The molecule has 0 spiro atoms. The van der Waals surface area contributed by atoms with Crippen molar-refractivity contribution in [3.8, 4) is 0 Å². The van der Waals surface area contributed by atoms with E-state index < -0.39 is 6.10 Å². The number of ether oxygens (including phenoxy) is 1. The monoisotopic (exact) mass is 256 g/mol. The average Bonchev–Trinajstić information content (AvgIpc) is 2.33. The minimum Gasteiger partial charge on any atom is -0.390 e. The minimum absolute atomic E-state index is 0.0840. The number of rotatable bonds is 6. The molecule has 2 aliphatic rings. The highest BCUT2D eigenvalue weighted by Gasteiger charge is 2.21. The molecule has 1 unspecified atom stereocenters. The Balaban J connectivity index is 1.55. The second kappa shape index (κ2) is 7.07. The van der Waals surface area contributed by atoms with Gasteiger partial charge in [0.1, 0.15) is 0 Å². The van der Waals surface area contributed by atoms with Crippen molar-refractivity contribution in [2.45, 2.75) is 31.8 Å². The maximum Gasteiger partial charge on any atom is 0.220 e. The molecule has 0 bridgehead atoms. The van der Waals surface area contributed by atoms with Gasteiger partial charge in [-0.1, -0.05) is 6.42 Å². The van der Waals surface area contributed by atoms with Crippen molar-refractivity contribution in [1.29, 1.82) is 0 Å². The van der Waals surface area contributed by atoms with Crippen LogP contribution < -0.4 is 5.32 Å². The number of hydrogen-bond acceptors (Lipinski definition) is 4. The molecule has 0 aromatic heterocycles. The van der Waals surface area contributed by atoms with Crippen molar-refractivity contribution in [3.05, 3.63) is 0 Å². The second-order valence-electron chi connectivity index (χ2n) is 5.37. The highest BCUT2D eigenvalue weighted by molar-refractivity contribution is 5.76. The molecule has 0 radical (unpaired) electrons. The molecule has 18 heavy (non-hydrogen) atoms. The van der Waals surface area contributed by atoms with Gasteiger partial charge in [0.15, 0.2) is 0 Å². The number of morpholine rings is 1. The van der Waals surface area contributed by atoms with Crippen LogP contribution in [0.4, 0.5) is 0 Å². The summed E-state index contributed by atoms with van der Waals surface area (Å²) in [6, 6.07) is 0. The van der Waals surface area contributed by atoms with Crippen LogP contribution in [0.25, 0.3) is 0 Å². The zero-order chi connectivity index (χ0) is 12.8. The maximum atomic E-state index is 11.6. The lowest BCUT2D eigenvalue weighted by atomic mass is 9.83. The summed E-state index contributed by atoms with van der Waals surface area (Å²) >= 11 is 0. The van der Waals surface area contributed by atoms with E-state index in [1.54, 1.807) is 0 Å². The van der Waals surface area contributed by atoms with Gasteiger partial charge in [-0.3, -0.25) is 9.69 Å². The van der Waals surface area contributed by atoms with Crippen molar-refractivity contribution in [1.82, 2.24) is 10.2 Å². The van der Waals surface area contributed by atoms with Gasteiger partial charge in [0.25, 0.3) is 0 Å². The molecule has 1 saturated carbocycles. The number of hydrogen-bond donors (Lipinski definition) is 2. The van der Waals surface area contributed by atoms with Gasteiger partial charge in [-0.05, 0) is 18.8 Å². The molecule has 1 atom stereocenters. The lowest BCUT2D eigenvalue weighted by molar-refractivity contribution is -0.123. The van der Waals surface area contributed by atoms with Gasteiger partial charge in [-0.2, -0.15) is 0 Å². The first-order valence-electron chi connectivity index (χ1n) is 6.99. The van der Waals surface area contributed by atoms with Gasteiger partial charge < -0.3 is 15.2 Å². The van der Waals surface area contributed by atoms with Crippen LogP contribution in [0.3, 0.4) is 0 Å². The molecule has 1 saturated heterocycles. The Morgan fingerprint density at radius 2 is 2.11 bits per heavy atom. The van der Waals surface area contributed by atoms with Crippen molar-refractivity contribution in [3.63, 3.8) is 0 Å². The van der Waals surface area contributed by atoms with E-state index in [0.717, 1.165) is 26.3 Å². The third-order valence-electron chi connectivity index (χ3n) is 3.81. The minimum atomic E-state index is -0.478. The smallest absolute Gasteiger partial charge is 0.220 e. The van der Waals surface area contributed by atoms with Crippen molar-refractivity contribution in [2.24, 2.45) is 5.92 Å². The van der Waals surface area contributed by atoms with Crippen LogP contribution in [0.5, 0.6) is 0 Å². The van der Waals surface area contributed by atoms with E-state index in [1.807, 2.05) is 0 Å². The molecule has 5 nitrogen and oxygen atoms in total. The summed E-state index contributed by atoms with van der Waals surface area (Å²) in [4.78, 5) is 13.8. The molecule has 1 amide bonds. The average molecular weight is 256 g/mol. The second-order valence-corrected chi connectivity index (χ2v) is 5.37. The van der Waals surface area contributed by atoms with Gasteiger partial charge in [-0.25, -0.2) is 0 Å². The first-order chi connectivity index (χ1) is 8.74. The third-order valence-corrected chi connectivity index (χ3v) is 3.81. The van der Waals surface area contributed by atoms with Gasteiger partial charge in [0, 0.05) is 32.6 Å². The standard InChI is InChI=1S/C13H24N2O3/c16-12(10-15-4-6-18-7-5-15)9-14-13(17)8-11-2-1-3-11/h11-12,16H,1-10H2,(H,14,17). The summed E-state index contributed by atoms with van der Waals surface area (Å²) in [6.45, 7) is 4.19. The number of nitrogens with zero attached hydrogens (tertiary/aromatic N) is 1. The Morgan fingerprint density at radius 3 is 2.72 bits per heavy atom. The van der Waals surface area contributed by atoms with Crippen molar-refractivity contribution in [2.75, 3.05) is 39.4 Å². The molecule has 5 heteroatoms. The number of amides is 1. The molecule has 1 aliphatic carbocycles. The van der Waals surface area contributed by atoms with Crippen LogP contribution in [-0.2, 0) is 9.53 Å². The highest BCUT2D eigenvalue weighted by Crippen LogP contribution is 2.28. The van der Waals surface area contributed by atoms with Gasteiger partial charge >= 0.3 is 0 Å². The van der Waals surface area contributed by atoms with Crippen LogP contribution in [0.15, 0.2) is 0 Å². The van der Waals surface area contributed by atoms with E-state index in [0.29, 0.717) is 25.4 Å². The van der Waals surface area contributed by atoms with Gasteiger partial charge in [0.2, 0.25) is 5.91 Å². The molecule has 2 rings (SSSR count). The van der Waals surface area contributed by atoms with Crippen LogP contribution in [0.2, 0.25) is 0 Å². The van der Waals surface area contributed by atoms with Crippen molar-refractivity contribution >= 4 is 5.91 Å². The molecule has 2 fully saturated rings. The number of carbonyl (C=O) groups is 1. The van der Waals surface area contributed by atoms with Gasteiger partial charge in [0.05, 0.1) is 19.3 Å². The lowest BCUT2D eigenvalue weighted by Crippen LogP contribution is -2.44. The van der Waals surface area contributed by atoms with E-state index in [9.17, 15) is 9.90 Å². The summed E-state index contributed by atoms with van der Waals surface area (Å²) in [7, 11) is 0. The molecule has 0 aromatic rings. The van der Waals surface area contributed by atoms with Crippen LogP contribution in [0.1, 0.15) is 25.7 Å². The molecular weight excluding hydrogens is 232 g/mol. The molecule has 2 N–H and O–H groups in total. The normalized spacial score (nSPS) is 23.4. The number of β-amino-alcohol motifs (C(OH)–C–C–N with tert-alkyl or cyclic N) is 1. The van der Waals surface area contributed by atoms with Crippen molar-refractivity contribution < 1.29 is 14.6 Å². The quantitative estimate of drug-likeness (QED) is 0.701. The number of aliphatic hydroxyl groups is 1. The van der Waals surface area contributed by atoms with Crippen LogP contribution in [0, 0.1) is 5.92 Å². The van der Waals surface area contributed by atoms with E-state index in [1.165, 1.54) is 19.3 Å². The number of nitrogens with one attached hydrogen (secondary N) is 1. The fourth-order valence-corrected chi connectivity index (χ4v) is 2.41. The topological polar surface area (TPSA) is 61.8 Å². The Bertz CT molecular complexity index is 263. The highest BCUT2D eigenvalue weighted by atomic mass is 16.5. The Hall–Kier alpha value is -0.650. The molecule has 1 heterocycles. The number of aliphatic hydroxyl groups excluding tert-OH is 1. The van der Waals surface area contributed by atoms with Gasteiger partial charge in [-0.15, -0.1) is 0 Å². The third kappa shape index (κ3) is 4.55. The maximum absolute atomic E-state index is 11.6.